The van der Waals surface area contributed by atoms with Crippen LogP contribution in [-0.4, -0.2) is 83.3 Å². The molecule has 5 rings (SSSR count). The summed E-state index contributed by atoms with van der Waals surface area (Å²) in [6, 6.07) is 3.66. The first kappa shape index (κ1) is 35.4. The van der Waals surface area contributed by atoms with E-state index in [2.05, 4.69) is 31.5 Å². The molecule has 1 aliphatic carbocycles. The third-order valence-electron chi connectivity index (χ3n) is 8.85. The number of ether oxygens (including phenoxy) is 4. The number of esters is 1. The molecule has 3 amide bonds. The molecule has 0 radical (unpaired) electrons. The van der Waals surface area contributed by atoms with Crippen LogP contribution in [0.3, 0.4) is 0 Å². The fourth-order valence-electron chi connectivity index (χ4n) is 6.40. The van der Waals surface area contributed by atoms with Gasteiger partial charge >= 0.3 is 12.1 Å². The number of hydrogen-bond donors (Lipinski definition) is 2. The van der Waals surface area contributed by atoms with Crippen molar-refractivity contribution >= 4 is 50.6 Å². The van der Waals surface area contributed by atoms with Crippen molar-refractivity contribution in [1.29, 1.82) is 0 Å². The zero-order valence-corrected chi connectivity index (χ0v) is 29.8. The number of carbonyl (C=O) groups is 4. The lowest BCUT2D eigenvalue weighted by atomic mass is 10.0. The summed E-state index contributed by atoms with van der Waals surface area (Å²) in [6.07, 6.45) is 8.42. The van der Waals surface area contributed by atoms with Crippen LogP contribution in [0.25, 0.3) is 10.8 Å². The van der Waals surface area contributed by atoms with Crippen LogP contribution >= 0.6 is 15.9 Å². The lowest BCUT2D eigenvalue weighted by Crippen LogP contribution is -2.56. The van der Waals surface area contributed by atoms with Crippen molar-refractivity contribution in [3.05, 3.63) is 41.0 Å². The fourth-order valence-corrected chi connectivity index (χ4v) is 6.90. The van der Waals surface area contributed by atoms with Gasteiger partial charge in [-0.3, -0.25) is 9.59 Å². The van der Waals surface area contributed by atoms with E-state index < -0.39 is 53.2 Å². The van der Waals surface area contributed by atoms with Gasteiger partial charge in [0.15, 0.2) is 0 Å². The minimum Gasteiger partial charge on any atom is -0.496 e. The molecule has 13 heteroatoms. The van der Waals surface area contributed by atoms with Crippen LogP contribution in [-0.2, 0) is 23.9 Å². The number of methoxy groups -OCH3 is 1. The third kappa shape index (κ3) is 8.04. The highest BCUT2D eigenvalue weighted by Crippen LogP contribution is 2.46. The van der Waals surface area contributed by atoms with E-state index >= 15 is 0 Å². The molecule has 1 saturated carbocycles. The van der Waals surface area contributed by atoms with Gasteiger partial charge in [0.05, 0.1) is 24.7 Å². The highest BCUT2D eigenvalue weighted by atomic mass is 79.9. The molecule has 48 heavy (non-hydrogen) atoms. The van der Waals surface area contributed by atoms with Crippen LogP contribution in [0.15, 0.2) is 41.0 Å². The van der Waals surface area contributed by atoms with Crippen molar-refractivity contribution < 1.29 is 38.1 Å². The van der Waals surface area contributed by atoms with Gasteiger partial charge in [0.1, 0.15) is 35.1 Å². The predicted molar refractivity (Wildman–Crippen MR) is 182 cm³/mol. The van der Waals surface area contributed by atoms with Gasteiger partial charge in [-0.2, -0.15) is 0 Å². The molecule has 1 aromatic heterocycles. The number of pyridine rings is 1. The van der Waals surface area contributed by atoms with Crippen LogP contribution in [0.5, 0.6) is 11.6 Å². The molecule has 260 valence electrons. The van der Waals surface area contributed by atoms with E-state index in [0.717, 1.165) is 34.5 Å². The number of alkyl carbamates (subject to hydrolysis) is 1. The molecule has 0 unspecified atom stereocenters. The lowest BCUT2D eigenvalue weighted by molar-refractivity contribution is -0.150. The normalized spacial score (nSPS) is 26.3. The summed E-state index contributed by atoms with van der Waals surface area (Å²) in [6.45, 7) is 7.22. The van der Waals surface area contributed by atoms with Crippen molar-refractivity contribution in [2.75, 3.05) is 20.3 Å². The van der Waals surface area contributed by atoms with Crippen molar-refractivity contribution in [3.8, 4) is 11.6 Å². The molecule has 12 nitrogen and oxygen atoms in total. The maximum Gasteiger partial charge on any atom is 0.408 e. The highest BCUT2D eigenvalue weighted by molar-refractivity contribution is 9.10. The molecule has 2 fully saturated rings. The number of halogens is 1. The van der Waals surface area contributed by atoms with E-state index in [-0.39, 0.29) is 25.5 Å². The summed E-state index contributed by atoms with van der Waals surface area (Å²) in [5, 5.41) is 7.31. The molecule has 3 heterocycles. The number of rotatable bonds is 6. The SMILES string of the molecule is CCOC(=O)[C@@]12C[C@H]1C=CCCCCC[C@H](NC(=O)OC(C)(C)C)C(=O)N1C[C@H](Oc3nccc4cc(OC)c(Br)cc34)C[C@H]1C(=O)N2. The Kier molecular flexibility index (Phi) is 10.9. The van der Waals surface area contributed by atoms with Crippen LogP contribution in [0, 0.1) is 5.92 Å². The summed E-state index contributed by atoms with van der Waals surface area (Å²) in [4.78, 5) is 60.5. The van der Waals surface area contributed by atoms with Crippen molar-refractivity contribution in [1.82, 2.24) is 20.5 Å². The van der Waals surface area contributed by atoms with E-state index in [4.69, 9.17) is 18.9 Å². The molecule has 3 aliphatic rings. The maximum absolute atomic E-state index is 14.3. The number of nitrogens with zero attached hydrogens (tertiary/aromatic N) is 2. The number of nitrogens with one attached hydrogen (secondary N) is 2. The monoisotopic (exact) mass is 728 g/mol. The molecule has 0 bridgehead atoms. The molecular weight excluding hydrogens is 684 g/mol. The second-order valence-electron chi connectivity index (χ2n) is 13.6. The van der Waals surface area contributed by atoms with Gasteiger partial charge < -0.3 is 34.5 Å². The minimum absolute atomic E-state index is 0.0640. The molecule has 2 aromatic rings. The van der Waals surface area contributed by atoms with Crippen LogP contribution < -0.4 is 20.1 Å². The van der Waals surface area contributed by atoms with Crippen molar-refractivity contribution in [2.24, 2.45) is 5.92 Å². The molecule has 2 aliphatic heterocycles. The smallest absolute Gasteiger partial charge is 0.408 e. The summed E-state index contributed by atoms with van der Waals surface area (Å²) in [7, 11) is 1.59. The summed E-state index contributed by atoms with van der Waals surface area (Å²) >= 11 is 3.53. The molecule has 1 saturated heterocycles. The largest absolute Gasteiger partial charge is 0.496 e. The quantitative estimate of drug-likeness (QED) is 0.303. The Morgan fingerprint density at radius 2 is 1.98 bits per heavy atom. The zero-order chi connectivity index (χ0) is 34.6. The first-order valence-corrected chi connectivity index (χ1v) is 17.4. The van der Waals surface area contributed by atoms with Gasteiger partial charge in [0, 0.05) is 23.9 Å². The van der Waals surface area contributed by atoms with E-state index in [9.17, 15) is 19.2 Å². The fraction of sp³-hybridized carbons (Fsp3) is 0.571. The van der Waals surface area contributed by atoms with E-state index in [1.165, 1.54) is 4.90 Å². The van der Waals surface area contributed by atoms with Gasteiger partial charge in [-0.1, -0.05) is 25.0 Å². The number of allylic oxidation sites excluding steroid dienone is 1. The summed E-state index contributed by atoms with van der Waals surface area (Å²) in [5.74, 6) is -0.610. The standard InChI is InChI=1S/C35H45BrN4O8/c1-6-46-32(43)35-19-22(35)12-10-8-7-9-11-13-26(38-33(44)48-34(2,3)4)31(42)40-20-23(17-27(40)29(41)39-35)47-30-24-18-25(36)28(45-5)16-21(24)14-15-37-30/h10,12,14-16,18,22-23,26-27H,6-9,11,13,17,19-20H2,1-5H3,(H,38,44)(H,39,41)/t22-,23-,26+,27+,35-/m1/s1. The Hall–Kier alpha value is -3.87. The average Bonchev–Trinajstić information content (AvgIpc) is 3.55. The first-order chi connectivity index (χ1) is 22.8. The van der Waals surface area contributed by atoms with Crippen molar-refractivity contribution in [3.63, 3.8) is 0 Å². The molecule has 1 aromatic carbocycles. The van der Waals surface area contributed by atoms with Crippen LogP contribution in [0.2, 0.25) is 0 Å². The second kappa shape index (κ2) is 14.7. The second-order valence-corrected chi connectivity index (χ2v) is 14.4. The minimum atomic E-state index is -1.20. The van der Waals surface area contributed by atoms with Crippen molar-refractivity contribution in [2.45, 2.75) is 102 Å². The Balaban J connectivity index is 1.47. The van der Waals surface area contributed by atoms with Gasteiger partial charge in [0.25, 0.3) is 0 Å². The number of hydrogen-bond acceptors (Lipinski definition) is 9. The Bertz CT molecular complexity index is 1580. The molecule has 5 atom stereocenters. The average molecular weight is 730 g/mol. The Morgan fingerprint density at radius 1 is 1.19 bits per heavy atom. The number of amides is 3. The molecule has 0 spiro atoms. The zero-order valence-electron chi connectivity index (χ0n) is 28.2. The van der Waals surface area contributed by atoms with Gasteiger partial charge in [-0.25, -0.2) is 14.6 Å². The van der Waals surface area contributed by atoms with Gasteiger partial charge in [-0.05, 0) is 92.9 Å². The van der Waals surface area contributed by atoms with E-state index in [1.807, 2.05) is 30.4 Å². The topological polar surface area (TPSA) is 145 Å². The van der Waals surface area contributed by atoms with Gasteiger partial charge in [-0.15, -0.1) is 0 Å². The Labute approximate surface area is 289 Å². The van der Waals surface area contributed by atoms with E-state index in [1.54, 1.807) is 41.0 Å². The number of carbonyl (C=O) groups excluding carboxylic acids is 4. The predicted octanol–water partition coefficient (Wildman–Crippen LogP) is 5.21. The summed E-state index contributed by atoms with van der Waals surface area (Å²) < 4.78 is 23.5. The number of benzene rings is 1. The number of aromatic nitrogens is 1. The van der Waals surface area contributed by atoms with E-state index in [0.29, 0.717) is 30.9 Å². The third-order valence-corrected chi connectivity index (χ3v) is 9.47. The van der Waals surface area contributed by atoms with Crippen LogP contribution in [0.1, 0.15) is 72.6 Å². The Morgan fingerprint density at radius 3 is 2.71 bits per heavy atom. The van der Waals surface area contributed by atoms with Crippen LogP contribution in [0.4, 0.5) is 4.79 Å². The van der Waals surface area contributed by atoms with Gasteiger partial charge in [0.2, 0.25) is 17.7 Å². The molecule has 2 N–H and O–H groups in total. The lowest BCUT2D eigenvalue weighted by Gasteiger charge is -2.30. The maximum atomic E-state index is 14.3. The highest BCUT2D eigenvalue weighted by Gasteiger charge is 2.62. The first-order valence-electron chi connectivity index (χ1n) is 16.6. The summed E-state index contributed by atoms with van der Waals surface area (Å²) in [5.41, 5.74) is -1.96. The molecular formula is C35H45BrN4O8. The number of fused-ring (bicyclic) bond motifs is 3.